The third-order valence-corrected chi connectivity index (χ3v) is 4.25. The lowest BCUT2D eigenvalue weighted by atomic mass is 10.1. The summed E-state index contributed by atoms with van der Waals surface area (Å²) in [6.07, 6.45) is 0. The number of aromatic amines is 1. The molecule has 0 bridgehead atoms. The van der Waals surface area contributed by atoms with Crippen molar-refractivity contribution in [3.05, 3.63) is 70.3 Å². The van der Waals surface area contributed by atoms with Gasteiger partial charge in [-0.05, 0) is 43.8 Å². The van der Waals surface area contributed by atoms with Crippen molar-refractivity contribution in [2.75, 3.05) is 14.2 Å². The minimum Gasteiger partial charge on any atom is -0.497 e. The first-order valence-corrected chi connectivity index (χ1v) is 7.90. The summed E-state index contributed by atoms with van der Waals surface area (Å²) in [5.41, 5.74) is 1.77. The SMILES string of the molecule is COc1cccc(CN(C)C(C)c2nc3ccccc3c(=O)[nH]2)c1. The molecule has 1 aromatic heterocycles. The Labute approximate surface area is 140 Å². The first-order chi connectivity index (χ1) is 11.6. The molecule has 0 saturated heterocycles. The summed E-state index contributed by atoms with van der Waals surface area (Å²) >= 11 is 0. The van der Waals surface area contributed by atoms with Crippen molar-refractivity contribution >= 4 is 10.9 Å². The molecule has 0 spiro atoms. The zero-order valence-electron chi connectivity index (χ0n) is 14.1. The van der Waals surface area contributed by atoms with Crippen LogP contribution < -0.4 is 10.3 Å². The molecule has 5 heteroatoms. The van der Waals surface area contributed by atoms with Crippen LogP contribution in [0.5, 0.6) is 5.75 Å². The summed E-state index contributed by atoms with van der Waals surface area (Å²) in [6.45, 7) is 2.77. The monoisotopic (exact) mass is 323 g/mol. The van der Waals surface area contributed by atoms with E-state index in [2.05, 4.69) is 20.9 Å². The number of para-hydroxylation sites is 1. The van der Waals surface area contributed by atoms with Gasteiger partial charge >= 0.3 is 0 Å². The average Bonchev–Trinajstić information content (AvgIpc) is 2.61. The fourth-order valence-corrected chi connectivity index (χ4v) is 2.71. The Morgan fingerprint density at radius 1 is 1.21 bits per heavy atom. The normalized spacial score (nSPS) is 12.5. The van der Waals surface area contributed by atoms with E-state index in [1.165, 1.54) is 0 Å². The molecule has 1 N–H and O–H groups in total. The van der Waals surface area contributed by atoms with Gasteiger partial charge in [0.05, 0.1) is 24.1 Å². The number of hydrogen-bond donors (Lipinski definition) is 1. The van der Waals surface area contributed by atoms with E-state index in [0.717, 1.165) is 23.4 Å². The maximum absolute atomic E-state index is 12.2. The smallest absolute Gasteiger partial charge is 0.258 e. The number of rotatable bonds is 5. The van der Waals surface area contributed by atoms with Crippen molar-refractivity contribution in [2.45, 2.75) is 19.5 Å². The lowest BCUT2D eigenvalue weighted by molar-refractivity contribution is 0.243. The fourth-order valence-electron chi connectivity index (χ4n) is 2.71. The van der Waals surface area contributed by atoms with Crippen LogP contribution in [0, 0.1) is 0 Å². The third kappa shape index (κ3) is 3.31. The number of nitrogens with one attached hydrogen (secondary N) is 1. The van der Waals surface area contributed by atoms with E-state index in [0.29, 0.717) is 11.2 Å². The van der Waals surface area contributed by atoms with Gasteiger partial charge in [0.1, 0.15) is 11.6 Å². The number of H-pyrrole nitrogens is 1. The molecule has 2 aromatic carbocycles. The van der Waals surface area contributed by atoms with Crippen LogP contribution in [-0.4, -0.2) is 29.0 Å². The molecule has 0 amide bonds. The van der Waals surface area contributed by atoms with Crippen LogP contribution in [0.25, 0.3) is 10.9 Å². The molecule has 1 heterocycles. The number of hydrogen-bond acceptors (Lipinski definition) is 4. The van der Waals surface area contributed by atoms with E-state index in [1.807, 2.05) is 50.4 Å². The molecular formula is C19H21N3O2. The second-order valence-corrected chi connectivity index (χ2v) is 5.91. The number of fused-ring (bicyclic) bond motifs is 1. The molecule has 0 radical (unpaired) electrons. The van der Waals surface area contributed by atoms with Crippen LogP contribution in [0.15, 0.2) is 53.3 Å². The Morgan fingerprint density at radius 3 is 2.79 bits per heavy atom. The molecular weight excluding hydrogens is 302 g/mol. The minimum atomic E-state index is -0.0998. The molecule has 0 fully saturated rings. The number of aromatic nitrogens is 2. The molecule has 3 rings (SSSR count). The summed E-state index contributed by atoms with van der Waals surface area (Å²) in [4.78, 5) is 21.9. The van der Waals surface area contributed by atoms with Gasteiger partial charge in [0, 0.05) is 6.54 Å². The van der Waals surface area contributed by atoms with Gasteiger partial charge in [-0.2, -0.15) is 0 Å². The second-order valence-electron chi connectivity index (χ2n) is 5.91. The van der Waals surface area contributed by atoms with Crippen molar-refractivity contribution < 1.29 is 4.74 Å². The van der Waals surface area contributed by atoms with E-state index in [-0.39, 0.29) is 11.6 Å². The van der Waals surface area contributed by atoms with Gasteiger partial charge in [-0.25, -0.2) is 4.98 Å². The van der Waals surface area contributed by atoms with Crippen LogP contribution in [-0.2, 0) is 6.54 Å². The lowest BCUT2D eigenvalue weighted by Gasteiger charge is -2.24. The number of ether oxygens (including phenoxy) is 1. The van der Waals surface area contributed by atoms with E-state index in [9.17, 15) is 4.79 Å². The highest BCUT2D eigenvalue weighted by atomic mass is 16.5. The molecule has 24 heavy (non-hydrogen) atoms. The van der Waals surface area contributed by atoms with Gasteiger partial charge in [-0.1, -0.05) is 24.3 Å². The quantitative estimate of drug-likeness (QED) is 0.784. The zero-order chi connectivity index (χ0) is 17.1. The van der Waals surface area contributed by atoms with Crippen LogP contribution in [0.1, 0.15) is 24.4 Å². The molecule has 5 nitrogen and oxygen atoms in total. The summed E-state index contributed by atoms with van der Waals surface area (Å²) in [7, 11) is 3.68. The predicted molar refractivity (Wildman–Crippen MR) is 95.2 cm³/mol. The third-order valence-electron chi connectivity index (χ3n) is 4.25. The number of benzene rings is 2. The molecule has 124 valence electrons. The van der Waals surface area contributed by atoms with E-state index >= 15 is 0 Å². The molecule has 0 aliphatic heterocycles. The summed E-state index contributed by atoms with van der Waals surface area (Å²) in [5, 5.41) is 0.615. The average molecular weight is 323 g/mol. The maximum Gasteiger partial charge on any atom is 0.258 e. The molecule has 1 unspecified atom stereocenters. The highest BCUT2D eigenvalue weighted by Gasteiger charge is 2.16. The Morgan fingerprint density at radius 2 is 2.00 bits per heavy atom. The van der Waals surface area contributed by atoms with E-state index in [4.69, 9.17) is 4.74 Å². The van der Waals surface area contributed by atoms with Gasteiger partial charge in [0.2, 0.25) is 0 Å². The predicted octanol–water partition coefficient (Wildman–Crippen LogP) is 3.12. The molecule has 0 aliphatic carbocycles. The summed E-state index contributed by atoms with van der Waals surface area (Å²) in [5.74, 6) is 1.51. The maximum atomic E-state index is 12.2. The first-order valence-electron chi connectivity index (χ1n) is 7.90. The summed E-state index contributed by atoms with van der Waals surface area (Å²) < 4.78 is 5.27. The van der Waals surface area contributed by atoms with Crippen molar-refractivity contribution in [3.8, 4) is 5.75 Å². The zero-order valence-corrected chi connectivity index (χ0v) is 14.1. The van der Waals surface area contributed by atoms with E-state index in [1.54, 1.807) is 13.2 Å². The Balaban J connectivity index is 1.85. The molecule has 0 aliphatic rings. The van der Waals surface area contributed by atoms with Gasteiger partial charge in [-0.15, -0.1) is 0 Å². The molecule has 0 saturated carbocycles. The van der Waals surface area contributed by atoms with Crippen LogP contribution in [0.3, 0.4) is 0 Å². The van der Waals surface area contributed by atoms with Gasteiger partial charge in [0.25, 0.3) is 5.56 Å². The topological polar surface area (TPSA) is 58.2 Å². The van der Waals surface area contributed by atoms with Crippen LogP contribution >= 0.6 is 0 Å². The molecule has 3 aromatic rings. The summed E-state index contributed by atoms with van der Waals surface area (Å²) in [6, 6.07) is 15.3. The van der Waals surface area contributed by atoms with Crippen molar-refractivity contribution in [1.82, 2.24) is 14.9 Å². The van der Waals surface area contributed by atoms with Crippen LogP contribution in [0.2, 0.25) is 0 Å². The Bertz CT molecular complexity index is 904. The minimum absolute atomic E-state index is 0.0199. The van der Waals surface area contributed by atoms with Crippen molar-refractivity contribution in [3.63, 3.8) is 0 Å². The Hall–Kier alpha value is -2.66. The standard InChI is InChI=1S/C19H21N3O2/c1-13(22(2)12-14-7-6-8-15(11-14)24-3)18-20-17-10-5-4-9-16(17)19(23)21-18/h4-11,13H,12H2,1-3H3,(H,20,21,23). The Kier molecular flexibility index (Phi) is 4.62. The van der Waals surface area contributed by atoms with Gasteiger partial charge < -0.3 is 9.72 Å². The second kappa shape index (κ2) is 6.84. The van der Waals surface area contributed by atoms with E-state index < -0.39 is 0 Å². The van der Waals surface area contributed by atoms with Crippen molar-refractivity contribution in [2.24, 2.45) is 0 Å². The first kappa shape index (κ1) is 16.2. The lowest BCUT2D eigenvalue weighted by Crippen LogP contribution is -2.26. The number of nitrogens with zero attached hydrogens (tertiary/aromatic N) is 2. The van der Waals surface area contributed by atoms with Crippen LogP contribution in [0.4, 0.5) is 0 Å². The largest absolute Gasteiger partial charge is 0.497 e. The molecule has 1 atom stereocenters. The highest BCUT2D eigenvalue weighted by molar-refractivity contribution is 5.77. The van der Waals surface area contributed by atoms with Crippen molar-refractivity contribution in [1.29, 1.82) is 0 Å². The fraction of sp³-hybridized carbons (Fsp3) is 0.263. The van der Waals surface area contributed by atoms with Gasteiger partial charge in [0.15, 0.2) is 0 Å². The highest BCUT2D eigenvalue weighted by Crippen LogP contribution is 2.20. The van der Waals surface area contributed by atoms with Gasteiger partial charge in [-0.3, -0.25) is 9.69 Å². The number of methoxy groups -OCH3 is 1.